The maximum Gasteiger partial charge on any atom is 0.150 e. The van der Waals surface area contributed by atoms with Gasteiger partial charge in [-0.15, -0.1) is 0 Å². The maximum atomic E-state index is 13.2. The summed E-state index contributed by atoms with van der Waals surface area (Å²) in [5.74, 6) is 0.478. The first kappa shape index (κ1) is 16.9. The van der Waals surface area contributed by atoms with Crippen molar-refractivity contribution >= 4 is 9.84 Å². The van der Waals surface area contributed by atoms with E-state index in [0.29, 0.717) is 24.2 Å². The van der Waals surface area contributed by atoms with Gasteiger partial charge in [-0.2, -0.15) is 0 Å². The molecule has 0 heterocycles. The van der Waals surface area contributed by atoms with Crippen LogP contribution in [0.3, 0.4) is 0 Å². The van der Waals surface area contributed by atoms with Crippen molar-refractivity contribution in [3.05, 3.63) is 29.6 Å². The van der Waals surface area contributed by atoms with Crippen molar-refractivity contribution in [2.24, 2.45) is 5.73 Å². The quantitative estimate of drug-likeness (QED) is 0.745. The second-order valence-electron chi connectivity index (χ2n) is 4.87. The smallest absolute Gasteiger partial charge is 0.150 e. The predicted octanol–water partition coefficient (Wildman–Crippen LogP) is 1.92. The number of halogens is 1. The van der Waals surface area contributed by atoms with Crippen LogP contribution in [0, 0.1) is 5.82 Å². The molecule has 0 saturated carbocycles. The molecule has 2 N–H and O–H groups in total. The van der Waals surface area contributed by atoms with Crippen molar-refractivity contribution in [2.75, 3.05) is 18.1 Å². The standard InChI is InChI=1S/C14H22FNO3S/c1-3-20(17,18)8-4-7-19-14-6-5-13(15)10-12(14)9-11(2)16/h5-6,10-11H,3-4,7-9,16H2,1-2H3. The van der Waals surface area contributed by atoms with Crippen LogP contribution in [0.25, 0.3) is 0 Å². The first-order valence-corrected chi connectivity index (χ1v) is 8.53. The molecule has 1 atom stereocenters. The zero-order valence-electron chi connectivity index (χ0n) is 11.9. The fourth-order valence-electron chi connectivity index (χ4n) is 1.80. The fraction of sp³-hybridized carbons (Fsp3) is 0.571. The molecule has 0 radical (unpaired) electrons. The second kappa shape index (κ2) is 7.59. The molecule has 1 aromatic rings. The Balaban J connectivity index is 2.59. The van der Waals surface area contributed by atoms with Crippen LogP contribution in [0.4, 0.5) is 4.39 Å². The highest BCUT2D eigenvalue weighted by Gasteiger charge is 2.10. The Hall–Kier alpha value is -1.14. The second-order valence-corrected chi connectivity index (χ2v) is 7.34. The normalized spacial score (nSPS) is 13.2. The van der Waals surface area contributed by atoms with Gasteiger partial charge in [-0.05, 0) is 43.5 Å². The summed E-state index contributed by atoms with van der Waals surface area (Å²) in [5.41, 5.74) is 6.42. The predicted molar refractivity (Wildman–Crippen MR) is 78.2 cm³/mol. The lowest BCUT2D eigenvalue weighted by atomic mass is 10.1. The largest absolute Gasteiger partial charge is 0.493 e. The zero-order valence-corrected chi connectivity index (χ0v) is 12.7. The molecule has 0 saturated heterocycles. The average Bonchev–Trinajstić information content (AvgIpc) is 2.36. The molecule has 0 spiro atoms. The Morgan fingerprint density at radius 2 is 2.10 bits per heavy atom. The van der Waals surface area contributed by atoms with Gasteiger partial charge in [0.15, 0.2) is 0 Å². The van der Waals surface area contributed by atoms with E-state index in [1.54, 1.807) is 13.0 Å². The van der Waals surface area contributed by atoms with Gasteiger partial charge in [0.2, 0.25) is 0 Å². The van der Waals surface area contributed by atoms with Crippen LogP contribution in [-0.4, -0.2) is 32.6 Å². The molecule has 1 aromatic carbocycles. The summed E-state index contributed by atoms with van der Waals surface area (Å²) in [6, 6.07) is 4.19. The van der Waals surface area contributed by atoms with Gasteiger partial charge >= 0.3 is 0 Å². The van der Waals surface area contributed by atoms with E-state index < -0.39 is 9.84 Å². The Morgan fingerprint density at radius 1 is 1.40 bits per heavy atom. The topological polar surface area (TPSA) is 69.4 Å². The Bertz CT molecular complexity index is 529. The Morgan fingerprint density at radius 3 is 2.70 bits per heavy atom. The minimum atomic E-state index is -2.97. The number of benzene rings is 1. The Labute approximate surface area is 120 Å². The van der Waals surface area contributed by atoms with Crippen molar-refractivity contribution in [3.63, 3.8) is 0 Å². The van der Waals surface area contributed by atoms with Gasteiger partial charge in [0.25, 0.3) is 0 Å². The van der Waals surface area contributed by atoms with Gasteiger partial charge in [-0.3, -0.25) is 0 Å². The molecule has 0 aliphatic heterocycles. The van der Waals surface area contributed by atoms with Crippen molar-refractivity contribution in [2.45, 2.75) is 32.7 Å². The first-order chi connectivity index (χ1) is 9.34. The summed E-state index contributed by atoms with van der Waals surface area (Å²) >= 11 is 0. The molecule has 0 fully saturated rings. The summed E-state index contributed by atoms with van der Waals surface area (Å²) < 4.78 is 41.5. The van der Waals surface area contributed by atoms with Crippen LogP contribution >= 0.6 is 0 Å². The molecule has 4 nitrogen and oxygen atoms in total. The first-order valence-electron chi connectivity index (χ1n) is 6.71. The molecule has 1 rings (SSSR count). The van der Waals surface area contributed by atoms with Crippen LogP contribution in [0.1, 0.15) is 25.8 Å². The molecular formula is C14H22FNO3S. The van der Waals surface area contributed by atoms with Crippen LogP contribution in [-0.2, 0) is 16.3 Å². The van der Waals surface area contributed by atoms with E-state index in [-0.39, 0.29) is 30.0 Å². The number of sulfone groups is 1. The fourth-order valence-corrected chi connectivity index (χ4v) is 2.65. The molecule has 0 bridgehead atoms. The lowest BCUT2D eigenvalue weighted by molar-refractivity contribution is 0.313. The summed E-state index contributed by atoms with van der Waals surface area (Å²) in [5, 5.41) is 0. The van der Waals surface area contributed by atoms with E-state index in [4.69, 9.17) is 10.5 Å². The lowest BCUT2D eigenvalue weighted by Gasteiger charge is -2.13. The van der Waals surface area contributed by atoms with Gasteiger partial charge in [0.1, 0.15) is 21.4 Å². The van der Waals surface area contributed by atoms with E-state index in [1.165, 1.54) is 12.1 Å². The molecule has 0 aromatic heterocycles. The number of nitrogens with two attached hydrogens (primary N) is 1. The molecule has 114 valence electrons. The van der Waals surface area contributed by atoms with Crippen molar-refractivity contribution in [1.82, 2.24) is 0 Å². The number of ether oxygens (including phenoxy) is 1. The highest BCUT2D eigenvalue weighted by atomic mass is 32.2. The van der Waals surface area contributed by atoms with E-state index in [1.807, 2.05) is 6.92 Å². The highest BCUT2D eigenvalue weighted by Crippen LogP contribution is 2.21. The third-order valence-corrected chi connectivity index (χ3v) is 4.65. The van der Waals surface area contributed by atoms with E-state index >= 15 is 0 Å². The number of rotatable bonds is 8. The van der Waals surface area contributed by atoms with Gasteiger partial charge in [-0.25, -0.2) is 12.8 Å². The van der Waals surface area contributed by atoms with Crippen LogP contribution in [0.5, 0.6) is 5.75 Å². The van der Waals surface area contributed by atoms with Gasteiger partial charge in [0, 0.05) is 11.8 Å². The molecule has 20 heavy (non-hydrogen) atoms. The number of hydrogen-bond donors (Lipinski definition) is 1. The van der Waals surface area contributed by atoms with Crippen molar-refractivity contribution in [3.8, 4) is 5.75 Å². The maximum absolute atomic E-state index is 13.2. The highest BCUT2D eigenvalue weighted by molar-refractivity contribution is 7.91. The van der Waals surface area contributed by atoms with E-state index in [9.17, 15) is 12.8 Å². The van der Waals surface area contributed by atoms with Crippen molar-refractivity contribution in [1.29, 1.82) is 0 Å². The SMILES string of the molecule is CCS(=O)(=O)CCCOc1ccc(F)cc1CC(C)N. The Kier molecular flexibility index (Phi) is 6.42. The van der Waals surface area contributed by atoms with Crippen molar-refractivity contribution < 1.29 is 17.5 Å². The summed E-state index contributed by atoms with van der Waals surface area (Å²) in [7, 11) is -2.97. The van der Waals surface area contributed by atoms with E-state index in [2.05, 4.69) is 0 Å². The van der Waals surface area contributed by atoms with Gasteiger partial charge in [-0.1, -0.05) is 6.92 Å². The summed E-state index contributed by atoms with van der Waals surface area (Å²) in [6.45, 7) is 3.75. The number of hydrogen-bond acceptors (Lipinski definition) is 4. The zero-order chi connectivity index (χ0) is 15.2. The molecule has 1 unspecified atom stereocenters. The average molecular weight is 303 g/mol. The van der Waals surface area contributed by atoms with Crippen LogP contribution < -0.4 is 10.5 Å². The van der Waals surface area contributed by atoms with Gasteiger partial charge in [0.05, 0.1) is 12.4 Å². The third kappa shape index (κ3) is 5.88. The third-order valence-electron chi connectivity index (χ3n) is 2.86. The van der Waals surface area contributed by atoms with E-state index in [0.717, 1.165) is 0 Å². The monoisotopic (exact) mass is 303 g/mol. The minimum absolute atomic E-state index is 0.0976. The minimum Gasteiger partial charge on any atom is -0.493 e. The summed E-state index contributed by atoms with van der Waals surface area (Å²) in [6.07, 6.45) is 0.936. The lowest BCUT2D eigenvalue weighted by Crippen LogP contribution is -2.18. The molecule has 0 aliphatic carbocycles. The molecule has 0 aliphatic rings. The van der Waals surface area contributed by atoms with Crippen LogP contribution in [0.2, 0.25) is 0 Å². The molecule has 0 amide bonds. The van der Waals surface area contributed by atoms with Gasteiger partial charge < -0.3 is 10.5 Å². The molecule has 6 heteroatoms. The van der Waals surface area contributed by atoms with Crippen LogP contribution in [0.15, 0.2) is 18.2 Å². The molecular weight excluding hydrogens is 281 g/mol. The summed E-state index contributed by atoms with van der Waals surface area (Å²) in [4.78, 5) is 0.